The van der Waals surface area contributed by atoms with Crippen molar-refractivity contribution in [3.05, 3.63) is 0 Å². The van der Waals surface area contributed by atoms with Crippen LogP contribution in [-0.4, -0.2) is 8.07 Å². The fourth-order valence-corrected chi connectivity index (χ4v) is 11.0. The number of hydrogen-bond acceptors (Lipinski definition) is 0. The molecule has 1 heterocycles. The second kappa shape index (κ2) is 21.5. The summed E-state index contributed by atoms with van der Waals surface area (Å²) in [7, 11) is -0.993. The molecule has 1 aliphatic heterocycles. The Bertz CT molecular complexity index is 401. The molecule has 0 amide bonds. The molecule has 1 aliphatic rings. The summed E-state index contributed by atoms with van der Waals surface area (Å²) in [4.78, 5) is 0. The molecule has 0 N–H and O–H groups in total. The SMILES string of the molecule is CCCCCCCCCCCCCCC1CCC(CCCCCCCCCCCC)[Si]1(C)C. The summed E-state index contributed by atoms with van der Waals surface area (Å²) < 4.78 is 0. The van der Waals surface area contributed by atoms with Gasteiger partial charge >= 0.3 is 0 Å². The van der Waals surface area contributed by atoms with Gasteiger partial charge in [-0.3, -0.25) is 0 Å². The smallest absolute Gasteiger partial charge is 0.0535 e. The molecule has 0 aliphatic carbocycles. The Balaban J connectivity index is 1.95. The maximum absolute atomic E-state index is 2.76. The van der Waals surface area contributed by atoms with Gasteiger partial charge in [-0.2, -0.15) is 0 Å². The van der Waals surface area contributed by atoms with Crippen molar-refractivity contribution in [1.29, 1.82) is 0 Å². The topological polar surface area (TPSA) is 0 Å². The zero-order valence-electron chi connectivity index (χ0n) is 24.0. The first-order chi connectivity index (χ1) is 16.1. The van der Waals surface area contributed by atoms with Crippen LogP contribution in [0.1, 0.15) is 181 Å². The van der Waals surface area contributed by atoms with Crippen LogP contribution in [0.2, 0.25) is 24.2 Å². The number of rotatable bonds is 24. The lowest BCUT2D eigenvalue weighted by Crippen LogP contribution is -2.32. The van der Waals surface area contributed by atoms with Crippen molar-refractivity contribution < 1.29 is 0 Å². The lowest BCUT2D eigenvalue weighted by atomic mass is 10.0. The molecule has 198 valence electrons. The van der Waals surface area contributed by atoms with Crippen LogP contribution in [0.3, 0.4) is 0 Å². The third-order valence-corrected chi connectivity index (χ3v) is 14.6. The van der Waals surface area contributed by atoms with Crippen molar-refractivity contribution >= 4 is 8.07 Å². The normalized spacial score (nSPS) is 20.0. The molecule has 0 radical (unpaired) electrons. The van der Waals surface area contributed by atoms with E-state index < -0.39 is 8.07 Å². The molecule has 0 aromatic carbocycles. The van der Waals surface area contributed by atoms with Crippen molar-refractivity contribution in [3.8, 4) is 0 Å². The van der Waals surface area contributed by atoms with Gasteiger partial charge < -0.3 is 0 Å². The molecule has 0 saturated carbocycles. The van der Waals surface area contributed by atoms with E-state index in [1.165, 1.54) is 141 Å². The zero-order chi connectivity index (χ0) is 24.0. The predicted molar refractivity (Wildman–Crippen MR) is 156 cm³/mol. The molecule has 1 rings (SSSR count). The maximum atomic E-state index is 2.76. The van der Waals surface area contributed by atoms with E-state index in [2.05, 4.69) is 26.9 Å². The van der Waals surface area contributed by atoms with E-state index in [1.807, 2.05) is 0 Å². The number of unbranched alkanes of at least 4 members (excludes halogenated alkanes) is 20. The van der Waals surface area contributed by atoms with Crippen LogP contribution in [0.4, 0.5) is 0 Å². The van der Waals surface area contributed by atoms with E-state index in [4.69, 9.17) is 0 Å². The van der Waals surface area contributed by atoms with Gasteiger partial charge in [-0.15, -0.1) is 0 Å². The van der Waals surface area contributed by atoms with E-state index in [-0.39, 0.29) is 0 Å². The fourth-order valence-electron chi connectivity index (χ4n) is 6.62. The van der Waals surface area contributed by atoms with E-state index in [1.54, 1.807) is 25.7 Å². The van der Waals surface area contributed by atoms with Crippen molar-refractivity contribution in [2.75, 3.05) is 0 Å². The van der Waals surface area contributed by atoms with Gasteiger partial charge in [0.15, 0.2) is 0 Å². The monoisotopic (exact) mass is 478 g/mol. The highest BCUT2D eigenvalue weighted by Gasteiger charge is 2.43. The van der Waals surface area contributed by atoms with Gasteiger partial charge in [0.1, 0.15) is 0 Å². The molecule has 0 spiro atoms. The summed E-state index contributed by atoms with van der Waals surface area (Å²) in [5, 5.41) is 0. The highest BCUT2D eigenvalue weighted by Crippen LogP contribution is 2.51. The second-order valence-corrected chi connectivity index (χ2v) is 17.7. The zero-order valence-corrected chi connectivity index (χ0v) is 25.0. The molecule has 0 nitrogen and oxygen atoms in total. The fraction of sp³-hybridized carbons (Fsp3) is 1.00. The predicted octanol–water partition coefficient (Wildman–Crippen LogP) is 12.6. The van der Waals surface area contributed by atoms with Gasteiger partial charge in [0.2, 0.25) is 0 Å². The Morgan fingerprint density at radius 3 is 0.909 bits per heavy atom. The summed E-state index contributed by atoms with van der Waals surface area (Å²) in [5.74, 6) is 0. The van der Waals surface area contributed by atoms with E-state index in [0.717, 1.165) is 11.1 Å². The minimum atomic E-state index is -0.993. The highest BCUT2D eigenvalue weighted by atomic mass is 28.3. The first-order valence-electron chi connectivity index (χ1n) is 16.1. The minimum Gasteiger partial charge on any atom is -0.0689 e. The third kappa shape index (κ3) is 15.7. The first kappa shape index (κ1) is 31.2. The molecular formula is C32H66Si. The number of hydrogen-bond donors (Lipinski definition) is 0. The van der Waals surface area contributed by atoms with Crippen LogP contribution < -0.4 is 0 Å². The van der Waals surface area contributed by atoms with Gasteiger partial charge in [-0.25, -0.2) is 0 Å². The molecule has 0 aromatic rings. The molecule has 1 heteroatoms. The largest absolute Gasteiger partial charge is 0.0689 e. The standard InChI is InChI=1S/C32H66Si/c1-5-7-9-11-13-15-17-18-20-22-24-26-28-32-30-29-31(33(32,3)4)27-25-23-21-19-16-14-12-10-8-6-2/h31-32H,5-30H2,1-4H3. The Kier molecular flexibility index (Phi) is 20.4. The Labute approximate surface area is 212 Å². The van der Waals surface area contributed by atoms with Crippen LogP contribution in [0.15, 0.2) is 0 Å². The van der Waals surface area contributed by atoms with Crippen LogP contribution >= 0.6 is 0 Å². The van der Waals surface area contributed by atoms with Crippen LogP contribution in [0, 0.1) is 0 Å². The Morgan fingerprint density at radius 2 is 0.636 bits per heavy atom. The van der Waals surface area contributed by atoms with Crippen molar-refractivity contribution in [2.45, 2.75) is 205 Å². The summed E-state index contributed by atoms with van der Waals surface area (Å²) >= 11 is 0. The molecule has 0 bridgehead atoms. The first-order valence-corrected chi connectivity index (χ1v) is 19.3. The van der Waals surface area contributed by atoms with Gasteiger partial charge in [-0.05, 0) is 11.1 Å². The molecule has 1 fully saturated rings. The third-order valence-electron chi connectivity index (χ3n) is 9.28. The average molecular weight is 479 g/mol. The lowest BCUT2D eigenvalue weighted by molar-refractivity contribution is 0.530. The summed E-state index contributed by atoms with van der Waals surface area (Å²) in [6.45, 7) is 10.1. The van der Waals surface area contributed by atoms with Gasteiger partial charge in [-0.1, -0.05) is 194 Å². The molecule has 2 atom stereocenters. The van der Waals surface area contributed by atoms with Crippen molar-refractivity contribution in [1.82, 2.24) is 0 Å². The minimum absolute atomic E-state index is 0.993. The average Bonchev–Trinajstić information content (AvgIpc) is 3.08. The summed E-state index contributed by atoms with van der Waals surface area (Å²) in [6.07, 6.45) is 38.9. The summed E-state index contributed by atoms with van der Waals surface area (Å²) in [6, 6.07) is 0. The second-order valence-electron chi connectivity index (χ2n) is 12.4. The highest BCUT2D eigenvalue weighted by molar-refractivity contribution is 6.80. The van der Waals surface area contributed by atoms with Crippen molar-refractivity contribution in [2.24, 2.45) is 0 Å². The van der Waals surface area contributed by atoms with Gasteiger partial charge in [0, 0.05) is 0 Å². The molecule has 33 heavy (non-hydrogen) atoms. The lowest BCUT2D eigenvalue weighted by Gasteiger charge is -2.31. The van der Waals surface area contributed by atoms with Crippen LogP contribution in [-0.2, 0) is 0 Å². The Morgan fingerprint density at radius 1 is 0.394 bits per heavy atom. The van der Waals surface area contributed by atoms with Crippen LogP contribution in [0.25, 0.3) is 0 Å². The maximum Gasteiger partial charge on any atom is 0.0535 e. The van der Waals surface area contributed by atoms with Gasteiger partial charge in [0.05, 0.1) is 8.07 Å². The summed E-state index contributed by atoms with van der Waals surface area (Å²) in [5.41, 5.74) is 2.29. The quantitative estimate of drug-likeness (QED) is 0.0955. The molecule has 0 aromatic heterocycles. The van der Waals surface area contributed by atoms with E-state index in [0.29, 0.717) is 0 Å². The van der Waals surface area contributed by atoms with Gasteiger partial charge in [0.25, 0.3) is 0 Å². The molecular weight excluding hydrogens is 412 g/mol. The van der Waals surface area contributed by atoms with E-state index >= 15 is 0 Å². The van der Waals surface area contributed by atoms with Crippen LogP contribution in [0.5, 0.6) is 0 Å². The molecule has 2 unspecified atom stereocenters. The Hall–Kier alpha value is 0.217. The molecule has 1 saturated heterocycles. The van der Waals surface area contributed by atoms with Crippen molar-refractivity contribution in [3.63, 3.8) is 0 Å². The van der Waals surface area contributed by atoms with E-state index in [9.17, 15) is 0 Å².